The Hall–Kier alpha value is -2.81. The smallest absolute Gasteiger partial charge is 0.324 e. The maximum atomic E-state index is 12.6. The summed E-state index contributed by atoms with van der Waals surface area (Å²) in [6.07, 6.45) is 1.33. The van der Waals surface area contributed by atoms with E-state index in [1.807, 2.05) is 11.8 Å². The SMILES string of the molecule is C[C@@H](C(=O)N1CCNC1=O)N1CCC(C(=O)Nc2ccc3c(c2)OCO3)CC1. The van der Waals surface area contributed by atoms with Gasteiger partial charge in [0.25, 0.3) is 0 Å². The molecule has 28 heavy (non-hydrogen) atoms. The van der Waals surface area contributed by atoms with Gasteiger partial charge in [-0.05, 0) is 45.0 Å². The van der Waals surface area contributed by atoms with Gasteiger partial charge < -0.3 is 20.1 Å². The minimum atomic E-state index is -0.373. The van der Waals surface area contributed by atoms with Crippen LogP contribution in [0.2, 0.25) is 0 Å². The zero-order valence-corrected chi connectivity index (χ0v) is 15.8. The number of amides is 4. The van der Waals surface area contributed by atoms with Gasteiger partial charge in [0.2, 0.25) is 18.6 Å². The molecule has 4 rings (SSSR count). The number of anilines is 1. The molecule has 2 fully saturated rings. The van der Waals surface area contributed by atoms with Crippen molar-refractivity contribution in [1.29, 1.82) is 0 Å². The summed E-state index contributed by atoms with van der Waals surface area (Å²) < 4.78 is 10.6. The molecule has 2 saturated heterocycles. The van der Waals surface area contributed by atoms with E-state index in [2.05, 4.69) is 10.6 Å². The Balaban J connectivity index is 1.29. The molecular formula is C19H24N4O5. The van der Waals surface area contributed by atoms with Gasteiger partial charge in [0, 0.05) is 30.8 Å². The van der Waals surface area contributed by atoms with E-state index >= 15 is 0 Å². The Bertz CT molecular complexity index is 791. The van der Waals surface area contributed by atoms with Gasteiger partial charge in [-0.1, -0.05) is 0 Å². The number of likely N-dealkylation sites (tertiary alicyclic amines) is 1. The summed E-state index contributed by atoms with van der Waals surface area (Å²) in [6, 6.07) is 4.64. The fraction of sp³-hybridized carbons (Fsp3) is 0.526. The largest absolute Gasteiger partial charge is 0.454 e. The Labute approximate surface area is 162 Å². The molecule has 9 nitrogen and oxygen atoms in total. The normalized spacial score (nSPS) is 20.8. The molecule has 3 heterocycles. The molecular weight excluding hydrogens is 364 g/mol. The first kappa shape index (κ1) is 18.5. The Morgan fingerprint density at radius 3 is 2.64 bits per heavy atom. The molecule has 0 unspecified atom stereocenters. The maximum absolute atomic E-state index is 12.6. The van der Waals surface area contributed by atoms with Crippen LogP contribution < -0.4 is 20.1 Å². The topological polar surface area (TPSA) is 100 Å². The highest BCUT2D eigenvalue weighted by molar-refractivity contribution is 5.98. The van der Waals surface area contributed by atoms with Gasteiger partial charge in [-0.3, -0.25) is 19.4 Å². The van der Waals surface area contributed by atoms with Crippen LogP contribution >= 0.6 is 0 Å². The molecule has 2 N–H and O–H groups in total. The van der Waals surface area contributed by atoms with Crippen LogP contribution in [0.4, 0.5) is 10.5 Å². The number of imide groups is 1. The average molecular weight is 388 g/mol. The molecule has 0 aliphatic carbocycles. The van der Waals surface area contributed by atoms with E-state index in [1.165, 1.54) is 4.90 Å². The number of ether oxygens (including phenoxy) is 2. The van der Waals surface area contributed by atoms with Crippen molar-refractivity contribution in [3.8, 4) is 11.5 Å². The first-order chi connectivity index (χ1) is 13.5. The third-order valence-electron chi connectivity index (χ3n) is 5.57. The van der Waals surface area contributed by atoms with Gasteiger partial charge in [0.1, 0.15) is 0 Å². The van der Waals surface area contributed by atoms with Crippen molar-refractivity contribution in [2.75, 3.05) is 38.3 Å². The molecule has 150 valence electrons. The quantitative estimate of drug-likeness (QED) is 0.798. The molecule has 9 heteroatoms. The number of nitrogens with one attached hydrogen (secondary N) is 2. The number of hydrogen-bond acceptors (Lipinski definition) is 6. The van der Waals surface area contributed by atoms with E-state index in [9.17, 15) is 14.4 Å². The zero-order chi connectivity index (χ0) is 19.7. The number of rotatable bonds is 4. The second-order valence-electron chi connectivity index (χ2n) is 7.27. The van der Waals surface area contributed by atoms with Gasteiger partial charge in [-0.2, -0.15) is 0 Å². The minimum Gasteiger partial charge on any atom is -0.454 e. The number of fused-ring (bicyclic) bond motifs is 1. The van der Waals surface area contributed by atoms with Crippen LogP contribution in [-0.4, -0.2) is 66.7 Å². The highest BCUT2D eigenvalue weighted by atomic mass is 16.7. The molecule has 0 aromatic heterocycles. The Kier molecular flexibility index (Phi) is 5.08. The minimum absolute atomic E-state index is 0.0311. The first-order valence-corrected chi connectivity index (χ1v) is 9.56. The highest BCUT2D eigenvalue weighted by Gasteiger charge is 2.35. The lowest BCUT2D eigenvalue weighted by atomic mass is 9.94. The second kappa shape index (κ2) is 7.67. The van der Waals surface area contributed by atoms with E-state index in [0.29, 0.717) is 56.2 Å². The summed E-state index contributed by atoms with van der Waals surface area (Å²) in [5.74, 6) is 0.983. The van der Waals surface area contributed by atoms with Gasteiger partial charge in [-0.15, -0.1) is 0 Å². The van der Waals surface area contributed by atoms with Gasteiger partial charge >= 0.3 is 6.03 Å². The van der Waals surface area contributed by atoms with E-state index < -0.39 is 0 Å². The van der Waals surface area contributed by atoms with E-state index in [0.717, 1.165) is 0 Å². The third-order valence-corrected chi connectivity index (χ3v) is 5.57. The van der Waals surface area contributed by atoms with Crippen LogP contribution in [-0.2, 0) is 9.59 Å². The van der Waals surface area contributed by atoms with E-state index in [4.69, 9.17) is 9.47 Å². The molecule has 1 aromatic rings. The Morgan fingerprint density at radius 1 is 1.18 bits per heavy atom. The average Bonchev–Trinajstić information content (AvgIpc) is 3.35. The fourth-order valence-electron chi connectivity index (χ4n) is 3.83. The number of nitrogens with zero attached hydrogens (tertiary/aromatic N) is 2. The lowest BCUT2D eigenvalue weighted by Gasteiger charge is -2.35. The first-order valence-electron chi connectivity index (χ1n) is 9.56. The fourth-order valence-corrected chi connectivity index (χ4v) is 3.83. The van der Waals surface area contributed by atoms with Crippen LogP contribution in [0.15, 0.2) is 18.2 Å². The number of benzene rings is 1. The van der Waals surface area contributed by atoms with Crippen molar-refractivity contribution in [3.05, 3.63) is 18.2 Å². The molecule has 0 saturated carbocycles. The molecule has 4 amide bonds. The highest BCUT2D eigenvalue weighted by Crippen LogP contribution is 2.34. The summed E-state index contributed by atoms with van der Waals surface area (Å²) in [5, 5.41) is 5.58. The van der Waals surface area contributed by atoms with Crippen LogP contribution in [0.1, 0.15) is 19.8 Å². The lowest BCUT2D eigenvalue weighted by molar-refractivity contribution is -0.133. The number of carbonyl (C=O) groups is 3. The third kappa shape index (κ3) is 3.62. The molecule has 0 bridgehead atoms. The van der Waals surface area contributed by atoms with Crippen molar-refractivity contribution in [2.24, 2.45) is 5.92 Å². The van der Waals surface area contributed by atoms with Crippen molar-refractivity contribution < 1.29 is 23.9 Å². The molecule has 1 atom stereocenters. The van der Waals surface area contributed by atoms with Crippen molar-refractivity contribution in [3.63, 3.8) is 0 Å². The number of hydrogen-bond donors (Lipinski definition) is 2. The van der Waals surface area contributed by atoms with Crippen LogP contribution in [0.5, 0.6) is 11.5 Å². The lowest BCUT2D eigenvalue weighted by Crippen LogP contribution is -2.51. The summed E-state index contributed by atoms with van der Waals surface area (Å²) in [7, 11) is 0. The summed E-state index contributed by atoms with van der Waals surface area (Å²) in [5.41, 5.74) is 0.681. The van der Waals surface area contributed by atoms with Crippen molar-refractivity contribution in [1.82, 2.24) is 15.1 Å². The van der Waals surface area contributed by atoms with Crippen molar-refractivity contribution >= 4 is 23.5 Å². The molecule has 3 aliphatic heterocycles. The Morgan fingerprint density at radius 2 is 1.93 bits per heavy atom. The van der Waals surface area contributed by atoms with Gasteiger partial charge in [-0.25, -0.2) is 4.79 Å². The second-order valence-corrected chi connectivity index (χ2v) is 7.27. The number of piperidine rings is 1. The van der Waals surface area contributed by atoms with Crippen LogP contribution in [0.3, 0.4) is 0 Å². The monoisotopic (exact) mass is 388 g/mol. The summed E-state index contributed by atoms with van der Waals surface area (Å²) in [4.78, 5) is 40.1. The molecule has 1 aromatic carbocycles. The van der Waals surface area contributed by atoms with Crippen LogP contribution in [0, 0.1) is 5.92 Å². The zero-order valence-electron chi connectivity index (χ0n) is 15.8. The van der Waals surface area contributed by atoms with Crippen LogP contribution in [0.25, 0.3) is 0 Å². The molecule has 3 aliphatic rings. The predicted molar refractivity (Wildman–Crippen MR) is 100 cm³/mol. The molecule has 0 radical (unpaired) electrons. The maximum Gasteiger partial charge on any atom is 0.324 e. The van der Waals surface area contributed by atoms with E-state index in [1.54, 1.807) is 18.2 Å². The number of carbonyl (C=O) groups excluding carboxylic acids is 3. The summed E-state index contributed by atoms with van der Waals surface area (Å²) >= 11 is 0. The predicted octanol–water partition coefficient (Wildman–Crippen LogP) is 1.01. The van der Waals surface area contributed by atoms with E-state index in [-0.39, 0.29) is 36.6 Å². The van der Waals surface area contributed by atoms with Crippen molar-refractivity contribution in [2.45, 2.75) is 25.8 Å². The van der Waals surface area contributed by atoms with Gasteiger partial charge in [0.05, 0.1) is 6.04 Å². The standard InChI is InChI=1S/C19H24N4O5/c1-12(18(25)23-9-6-20-19(23)26)22-7-4-13(5-8-22)17(24)21-14-2-3-15-16(10-14)28-11-27-15/h2-3,10,12-13H,4-9,11H2,1H3,(H,20,26)(H,21,24)/t12-/m0/s1. The van der Waals surface area contributed by atoms with Gasteiger partial charge in [0.15, 0.2) is 11.5 Å². The summed E-state index contributed by atoms with van der Waals surface area (Å²) in [6.45, 7) is 4.21. The number of urea groups is 1. The molecule has 0 spiro atoms.